The zero-order chi connectivity index (χ0) is 12.5. The predicted octanol–water partition coefficient (Wildman–Crippen LogP) is 1.24. The second-order valence-electron chi connectivity index (χ2n) is 4.30. The first-order valence-electron chi connectivity index (χ1n) is 5.47. The van der Waals surface area contributed by atoms with Crippen molar-refractivity contribution in [2.24, 2.45) is 0 Å². The molecule has 2 N–H and O–H groups in total. The standard InChI is InChI=1S/C12H14FNO3/c13-9-2-1-3-10(8-9)14-6-4-12(17,5-7-14)11(15)16/h1-3,8,17H,4-7H2,(H,15,16). The molecule has 0 spiro atoms. The van der Waals surface area contributed by atoms with Crippen LogP contribution in [0.2, 0.25) is 0 Å². The van der Waals surface area contributed by atoms with E-state index in [1.807, 2.05) is 4.90 Å². The van der Waals surface area contributed by atoms with E-state index in [9.17, 15) is 14.3 Å². The van der Waals surface area contributed by atoms with Gasteiger partial charge >= 0.3 is 5.97 Å². The highest BCUT2D eigenvalue weighted by molar-refractivity contribution is 5.77. The fraction of sp³-hybridized carbons (Fsp3) is 0.417. The first kappa shape index (κ1) is 11.9. The smallest absolute Gasteiger partial charge is 0.335 e. The van der Waals surface area contributed by atoms with Crippen LogP contribution in [0.4, 0.5) is 10.1 Å². The van der Waals surface area contributed by atoms with Gasteiger partial charge in [-0.25, -0.2) is 9.18 Å². The molecule has 0 aromatic heterocycles. The van der Waals surface area contributed by atoms with Gasteiger partial charge in [-0.05, 0) is 18.2 Å². The van der Waals surface area contributed by atoms with E-state index < -0.39 is 11.6 Å². The Hall–Kier alpha value is -1.62. The lowest BCUT2D eigenvalue weighted by molar-refractivity contribution is -0.160. The summed E-state index contributed by atoms with van der Waals surface area (Å²) in [7, 11) is 0. The minimum atomic E-state index is -1.64. The normalized spacial score (nSPS) is 19.1. The number of halogens is 1. The van der Waals surface area contributed by atoms with Crippen LogP contribution in [0.1, 0.15) is 12.8 Å². The van der Waals surface area contributed by atoms with Crippen LogP contribution in [0, 0.1) is 5.82 Å². The molecule has 1 aliphatic rings. The molecular formula is C12H14FNO3. The summed E-state index contributed by atoms with van der Waals surface area (Å²) >= 11 is 0. The molecule has 5 heteroatoms. The Labute approximate surface area is 98.3 Å². The number of piperidine rings is 1. The van der Waals surface area contributed by atoms with Crippen molar-refractivity contribution in [1.29, 1.82) is 0 Å². The number of aliphatic carboxylic acids is 1. The van der Waals surface area contributed by atoms with E-state index >= 15 is 0 Å². The number of hydrogen-bond donors (Lipinski definition) is 2. The van der Waals surface area contributed by atoms with Crippen LogP contribution in [0.15, 0.2) is 24.3 Å². The predicted molar refractivity (Wildman–Crippen MR) is 60.4 cm³/mol. The highest BCUT2D eigenvalue weighted by atomic mass is 19.1. The molecule has 0 amide bonds. The lowest BCUT2D eigenvalue weighted by atomic mass is 9.91. The van der Waals surface area contributed by atoms with Crippen LogP contribution < -0.4 is 4.90 Å². The van der Waals surface area contributed by atoms with Crippen molar-refractivity contribution in [1.82, 2.24) is 0 Å². The maximum Gasteiger partial charge on any atom is 0.335 e. The van der Waals surface area contributed by atoms with Gasteiger partial charge in [0.2, 0.25) is 0 Å². The van der Waals surface area contributed by atoms with Gasteiger partial charge in [-0.15, -0.1) is 0 Å². The average Bonchev–Trinajstić information content (AvgIpc) is 2.30. The lowest BCUT2D eigenvalue weighted by Gasteiger charge is -2.36. The van der Waals surface area contributed by atoms with Crippen LogP contribution in [0.3, 0.4) is 0 Å². The molecule has 0 radical (unpaired) electrons. The van der Waals surface area contributed by atoms with Crippen LogP contribution in [0.25, 0.3) is 0 Å². The Morgan fingerprint density at radius 3 is 2.53 bits per heavy atom. The molecule has 1 fully saturated rings. The number of hydrogen-bond acceptors (Lipinski definition) is 3. The van der Waals surface area contributed by atoms with E-state index in [0.717, 1.165) is 5.69 Å². The number of carbonyl (C=O) groups is 1. The highest BCUT2D eigenvalue weighted by Crippen LogP contribution is 2.26. The average molecular weight is 239 g/mol. The van der Waals surface area contributed by atoms with Crippen molar-refractivity contribution in [3.05, 3.63) is 30.1 Å². The fourth-order valence-corrected chi connectivity index (χ4v) is 2.02. The fourth-order valence-electron chi connectivity index (χ4n) is 2.02. The van der Waals surface area contributed by atoms with Gasteiger partial charge in [-0.2, -0.15) is 0 Å². The van der Waals surface area contributed by atoms with Crippen molar-refractivity contribution in [3.63, 3.8) is 0 Å². The molecule has 1 heterocycles. The van der Waals surface area contributed by atoms with Crippen molar-refractivity contribution >= 4 is 11.7 Å². The summed E-state index contributed by atoms with van der Waals surface area (Å²) in [6.07, 6.45) is 0.303. The minimum absolute atomic E-state index is 0.152. The van der Waals surface area contributed by atoms with Gasteiger partial charge < -0.3 is 15.1 Å². The Morgan fingerprint density at radius 2 is 2.00 bits per heavy atom. The summed E-state index contributed by atoms with van der Waals surface area (Å²) in [6.45, 7) is 0.818. The van der Waals surface area contributed by atoms with Gasteiger partial charge in [0.15, 0.2) is 5.60 Å². The molecule has 0 atom stereocenters. The number of carboxylic acid groups (broad SMARTS) is 1. The Morgan fingerprint density at radius 1 is 1.35 bits per heavy atom. The van der Waals surface area contributed by atoms with Crippen LogP contribution >= 0.6 is 0 Å². The number of benzene rings is 1. The molecular weight excluding hydrogens is 225 g/mol. The maximum atomic E-state index is 13.0. The zero-order valence-electron chi connectivity index (χ0n) is 9.27. The monoisotopic (exact) mass is 239 g/mol. The second kappa shape index (κ2) is 4.33. The zero-order valence-corrected chi connectivity index (χ0v) is 9.27. The van der Waals surface area contributed by atoms with E-state index in [2.05, 4.69) is 0 Å². The third kappa shape index (κ3) is 2.39. The SMILES string of the molecule is O=C(O)C1(O)CCN(c2cccc(F)c2)CC1. The van der Waals surface area contributed by atoms with Gasteiger partial charge in [-0.1, -0.05) is 6.07 Å². The molecule has 0 unspecified atom stereocenters. The molecule has 0 aliphatic carbocycles. The largest absolute Gasteiger partial charge is 0.479 e. The number of anilines is 1. The Balaban J connectivity index is 2.07. The third-order valence-electron chi connectivity index (χ3n) is 3.16. The topological polar surface area (TPSA) is 60.8 Å². The molecule has 1 saturated heterocycles. The molecule has 1 aliphatic heterocycles. The molecule has 17 heavy (non-hydrogen) atoms. The van der Waals surface area contributed by atoms with E-state index in [1.54, 1.807) is 12.1 Å². The van der Waals surface area contributed by atoms with Gasteiger partial charge in [-0.3, -0.25) is 0 Å². The summed E-state index contributed by atoms with van der Waals surface area (Å²) < 4.78 is 13.0. The molecule has 2 rings (SSSR count). The van der Waals surface area contributed by atoms with Crippen molar-refractivity contribution in [2.45, 2.75) is 18.4 Å². The van der Waals surface area contributed by atoms with Crippen LogP contribution in [-0.4, -0.2) is 34.9 Å². The third-order valence-corrected chi connectivity index (χ3v) is 3.16. The molecule has 1 aromatic rings. The van der Waals surface area contributed by atoms with Crippen LogP contribution in [-0.2, 0) is 4.79 Å². The summed E-state index contributed by atoms with van der Waals surface area (Å²) in [6, 6.07) is 6.16. The van der Waals surface area contributed by atoms with Gasteiger partial charge in [0, 0.05) is 31.6 Å². The quantitative estimate of drug-likeness (QED) is 0.815. The molecule has 0 bridgehead atoms. The summed E-state index contributed by atoms with van der Waals surface area (Å²) in [5.41, 5.74) is -0.915. The first-order valence-corrected chi connectivity index (χ1v) is 5.47. The molecule has 4 nitrogen and oxygen atoms in total. The van der Waals surface area contributed by atoms with E-state index in [0.29, 0.717) is 13.1 Å². The van der Waals surface area contributed by atoms with E-state index in [4.69, 9.17) is 5.11 Å². The lowest BCUT2D eigenvalue weighted by Crippen LogP contribution is -2.49. The second-order valence-corrected chi connectivity index (χ2v) is 4.30. The van der Waals surface area contributed by atoms with Gasteiger partial charge in [0.25, 0.3) is 0 Å². The number of aliphatic hydroxyl groups is 1. The van der Waals surface area contributed by atoms with Gasteiger partial charge in [0.05, 0.1) is 0 Å². The van der Waals surface area contributed by atoms with Gasteiger partial charge in [0.1, 0.15) is 5.82 Å². The molecule has 0 saturated carbocycles. The number of rotatable bonds is 2. The first-order chi connectivity index (χ1) is 8.01. The van der Waals surface area contributed by atoms with Crippen LogP contribution in [0.5, 0.6) is 0 Å². The Kier molecular flexibility index (Phi) is 3.02. The maximum absolute atomic E-state index is 13.0. The van der Waals surface area contributed by atoms with Crippen molar-refractivity contribution < 1.29 is 19.4 Å². The van der Waals surface area contributed by atoms with Crippen molar-refractivity contribution in [2.75, 3.05) is 18.0 Å². The molecule has 92 valence electrons. The highest BCUT2D eigenvalue weighted by Gasteiger charge is 2.39. The summed E-state index contributed by atoms with van der Waals surface area (Å²) in [5, 5.41) is 18.6. The summed E-state index contributed by atoms with van der Waals surface area (Å²) in [4.78, 5) is 12.7. The minimum Gasteiger partial charge on any atom is -0.479 e. The Bertz CT molecular complexity index is 428. The number of carboxylic acids is 1. The number of nitrogens with zero attached hydrogens (tertiary/aromatic N) is 1. The van der Waals surface area contributed by atoms with E-state index in [1.165, 1.54) is 12.1 Å². The summed E-state index contributed by atoms with van der Waals surface area (Å²) in [5.74, 6) is -1.50. The molecule has 1 aromatic carbocycles. The van der Waals surface area contributed by atoms with Crippen molar-refractivity contribution in [3.8, 4) is 0 Å². The van der Waals surface area contributed by atoms with E-state index in [-0.39, 0.29) is 18.7 Å².